The van der Waals surface area contributed by atoms with Gasteiger partial charge < -0.3 is 9.64 Å². The van der Waals surface area contributed by atoms with Crippen molar-refractivity contribution in [3.63, 3.8) is 0 Å². The molecule has 0 N–H and O–H groups in total. The van der Waals surface area contributed by atoms with Gasteiger partial charge in [-0.2, -0.15) is 0 Å². The number of likely N-dealkylation sites (N-methyl/N-ethyl adjacent to an activating group) is 1. The van der Waals surface area contributed by atoms with Crippen molar-refractivity contribution in [2.45, 2.75) is 45.9 Å². The zero-order valence-corrected chi connectivity index (χ0v) is 19.6. The maximum absolute atomic E-state index is 12.6. The van der Waals surface area contributed by atoms with Crippen molar-refractivity contribution in [2.24, 2.45) is 0 Å². The van der Waals surface area contributed by atoms with Crippen LogP contribution < -0.4 is 4.90 Å². The number of anilines is 1. The van der Waals surface area contributed by atoms with E-state index in [0.717, 1.165) is 49.7 Å². The van der Waals surface area contributed by atoms with Crippen LogP contribution in [0, 0.1) is 0 Å². The number of hydrogen-bond acceptors (Lipinski definition) is 6. The standard InChI is InChI=1S/C27H32N4O2/c1-4-30(18-21-9-7-10-22(17-21)25-12-5-6-14-28-25)23-13-16-31(19-23)26-24(11-8-15-29-26)27(32)33-20(2)3/h5-12,14-15,17,20,23H,4,13,16,18-19H2,1-3H3/t23-/m1/s1. The first-order chi connectivity index (χ1) is 16.0. The third-order valence-electron chi connectivity index (χ3n) is 6.01. The van der Waals surface area contributed by atoms with Crippen molar-refractivity contribution < 1.29 is 9.53 Å². The highest BCUT2D eigenvalue weighted by Gasteiger charge is 2.30. The molecule has 4 rings (SSSR count). The molecule has 1 fully saturated rings. The van der Waals surface area contributed by atoms with Crippen LogP contribution in [-0.4, -0.2) is 52.6 Å². The zero-order chi connectivity index (χ0) is 23.2. The van der Waals surface area contributed by atoms with Gasteiger partial charge in [0.2, 0.25) is 0 Å². The molecule has 0 radical (unpaired) electrons. The first-order valence-electron chi connectivity index (χ1n) is 11.7. The van der Waals surface area contributed by atoms with Gasteiger partial charge in [-0.05, 0) is 62.7 Å². The number of aromatic nitrogens is 2. The largest absolute Gasteiger partial charge is 0.459 e. The molecular weight excluding hydrogens is 412 g/mol. The Kier molecular flexibility index (Phi) is 7.35. The van der Waals surface area contributed by atoms with E-state index in [1.54, 1.807) is 18.3 Å². The van der Waals surface area contributed by atoms with Crippen LogP contribution in [0.25, 0.3) is 11.3 Å². The summed E-state index contributed by atoms with van der Waals surface area (Å²) in [7, 11) is 0. The van der Waals surface area contributed by atoms with Crippen LogP contribution in [0.2, 0.25) is 0 Å². The summed E-state index contributed by atoms with van der Waals surface area (Å²) in [6.45, 7) is 9.47. The zero-order valence-electron chi connectivity index (χ0n) is 19.6. The van der Waals surface area contributed by atoms with Gasteiger partial charge in [0.15, 0.2) is 0 Å². The quantitative estimate of drug-likeness (QED) is 0.465. The number of carbonyl (C=O) groups excluding carboxylic acids is 1. The lowest BCUT2D eigenvalue weighted by Crippen LogP contribution is -2.37. The third kappa shape index (κ3) is 5.57. The van der Waals surface area contributed by atoms with E-state index in [1.807, 2.05) is 38.2 Å². The highest BCUT2D eigenvalue weighted by Crippen LogP contribution is 2.27. The molecule has 1 atom stereocenters. The van der Waals surface area contributed by atoms with Gasteiger partial charge in [0.05, 0.1) is 11.8 Å². The molecule has 3 aromatic rings. The molecule has 6 heteroatoms. The second kappa shape index (κ2) is 10.6. The molecule has 1 aliphatic heterocycles. The fraction of sp³-hybridized carbons (Fsp3) is 0.370. The Labute approximate surface area is 196 Å². The number of nitrogens with zero attached hydrogens (tertiary/aromatic N) is 4. The van der Waals surface area contributed by atoms with Crippen LogP contribution in [0.3, 0.4) is 0 Å². The van der Waals surface area contributed by atoms with Crippen LogP contribution in [-0.2, 0) is 11.3 Å². The summed E-state index contributed by atoms with van der Waals surface area (Å²) in [6, 6.07) is 18.6. The van der Waals surface area contributed by atoms with Crippen LogP contribution in [0.15, 0.2) is 67.0 Å². The second-order valence-corrected chi connectivity index (χ2v) is 8.70. The summed E-state index contributed by atoms with van der Waals surface area (Å²) in [5, 5.41) is 0. The van der Waals surface area contributed by atoms with Gasteiger partial charge in [0.1, 0.15) is 11.4 Å². The maximum Gasteiger partial charge on any atom is 0.342 e. The summed E-state index contributed by atoms with van der Waals surface area (Å²) in [6.07, 6.45) is 4.45. The van der Waals surface area contributed by atoms with E-state index < -0.39 is 0 Å². The molecule has 0 bridgehead atoms. The molecular formula is C27H32N4O2. The van der Waals surface area contributed by atoms with Crippen molar-refractivity contribution in [3.8, 4) is 11.3 Å². The smallest absolute Gasteiger partial charge is 0.342 e. The fourth-order valence-electron chi connectivity index (χ4n) is 4.41. The highest BCUT2D eigenvalue weighted by molar-refractivity contribution is 5.95. The van der Waals surface area contributed by atoms with E-state index in [9.17, 15) is 4.79 Å². The number of benzene rings is 1. The molecule has 0 spiro atoms. The van der Waals surface area contributed by atoms with Gasteiger partial charge in [-0.1, -0.05) is 31.2 Å². The highest BCUT2D eigenvalue weighted by atomic mass is 16.5. The van der Waals surface area contributed by atoms with Gasteiger partial charge in [-0.25, -0.2) is 9.78 Å². The van der Waals surface area contributed by atoms with Crippen LogP contribution in [0.4, 0.5) is 5.82 Å². The Balaban J connectivity index is 1.46. The van der Waals surface area contributed by atoms with Crippen molar-refractivity contribution in [1.29, 1.82) is 0 Å². The molecule has 33 heavy (non-hydrogen) atoms. The van der Waals surface area contributed by atoms with E-state index in [0.29, 0.717) is 11.6 Å². The van der Waals surface area contributed by atoms with E-state index in [2.05, 4.69) is 51.0 Å². The summed E-state index contributed by atoms with van der Waals surface area (Å²) < 4.78 is 5.44. The summed E-state index contributed by atoms with van der Waals surface area (Å²) in [4.78, 5) is 26.3. The summed E-state index contributed by atoms with van der Waals surface area (Å²) in [5.74, 6) is 0.411. The second-order valence-electron chi connectivity index (χ2n) is 8.70. The molecule has 172 valence electrons. The average Bonchev–Trinajstić information content (AvgIpc) is 3.33. The van der Waals surface area contributed by atoms with Crippen LogP contribution >= 0.6 is 0 Å². The predicted molar refractivity (Wildman–Crippen MR) is 131 cm³/mol. The minimum absolute atomic E-state index is 0.158. The first-order valence-corrected chi connectivity index (χ1v) is 11.7. The Bertz CT molecular complexity index is 1070. The molecule has 1 saturated heterocycles. The third-order valence-corrected chi connectivity index (χ3v) is 6.01. The summed E-state index contributed by atoms with van der Waals surface area (Å²) in [5.41, 5.74) is 3.94. The lowest BCUT2D eigenvalue weighted by molar-refractivity contribution is 0.0378. The van der Waals surface area contributed by atoms with E-state index in [4.69, 9.17) is 4.74 Å². The molecule has 3 heterocycles. The molecule has 0 aliphatic carbocycles. The number of ether oxygens (including phenoxy) is 1. The van der Waals surface area contributed by atoms with Crippen LogP contribution in [0.1, 0.15) is 43.1 Å². The minimum atomic E-state index is -0.310. The van der Waals surface area contributed by atoms with Gasteiger partial charge in [-0.15, -0.1) is 0 Å². The molecule has 6 nitrogen and oxygen atoms in total. The number of pyridine rings is 2. The number of hydrogen-bond donors (Lipinski definition) is 0. The number of esters is 1. The minimum Gasteiger partial charge on any atom is -0.459 e. The molecule has 0 saturated carbocycles. The fourth-order valence-corrected chi connectivity index (χ4v) is 4.41. The molecule has 0 unspecified atom stereocenters. The summed E-state index contributed by atoms with van der Waals surface area (Å²) >= 11 is 0. The van der Waals surface area contributed by atoms with Gasteiger partial charge in [0.25, 0.3) is 0 Å². The van der Waals surface area contributed by atoms with Gasteiger partial charge in [0, 0.05) is 43.6 Å². The molecule has 0 amide bonds. The predicted octanol–water partition coefficient (Wildman–Crippen LogP) is 4.81. The van der Waals surface area contributed by atoms with Crippen molar-refractivity contribution in [1.82, 2.24) is 14.9 Å². The van der Waals surface area contributed by atoms with Crippen LogP contribution in [0.5, 0.6) is 0 Å². The lowest BCUT2D eigenvalue weighted by atomic mass is 10.1. The Morgan fingerprint density at radius 1 is 1.12 bits per heavy atom. The Morgan fingerprint density at radius 3 is 2.73 bits per heavy atom. The van der Waals surface area contributed by atoms with Crippen molar-refractivity contribution in [2.75, 3.05) is 24.5 Å². The van der Waals surface area contributed by atoms with Crippen molar-refractivity contribution in [3.05, 3.63) is 78.1 Å². The SMILES string of the molecule is CCN(Cc1cccc(-c2ccccn2)c1)[C@@H]1CCN(c2ncccc2C(=O)OC(C)C)C1. The average molecular weight is 445 g/mol. The van der Waals surface area contributed by atoms with Gasteiger partial charge >= 0.3 is 5.97 Å². The van der Waals surface area contributed by atoms with E-state index in [-0.39, 0.29) is 12.1 Å². The number of carbonyl (C=O) groups is 1. The Hall–Kier alpha value is -3.25. The van der Waals surface area contributed by atoms with Crippen molar-refractivity contribution >= 4 is 11.8 Å². The van der Waals surface area contributed by atoms with Gasteiger partial charge in [-0.3, -0.25) is 9.88 Å². The molecule has 2 aromatic heterocycles. The molecule has 1 aliphatic rings. The maximum atomic E-state index is 12.6. The number of rotatable bonds is 8. The first kappa shape index (κ1) is 22.9. The topological polar surface area (TPSA) is 58.6 Å². The van der Waals surface area contributed by atoms with E-state index >= 15 is 0 Å². The Morgan fingerprint density at radius 2 is 1.97 bits per heavy atom. The van der Waals surface area contributed by atoms with E-state index in [1.165, 1.54) is 5.56 Å². The normalized spacial score (nSPS) is 15.9. The lowest BCUT2D eigenvalue weighted by Gasteiger charge is -2.28. The molecule has 1 aromatic carbocycles. The monoisotopic (exact) mass is 444 g/mol.